The van der Waals surface area contributed by atoms with Crippen molar-refractivity contribution >= 4 is 34.3 Å². The van der Waals surface area contributed by atoms with E-state index in [-0.39, 0.29) is 5.97 Å². The van der Waals surface area contributed by atoms with Crippen LogP contribution in [0, 0.1) is 13.8 Å². The number of esters is 1. The molecule has 0 atom stereocenters. The Morgan fingerprint density at radius 3 is 2.57 bits per heavy atom. The highest BCUT2D eigenvalue weighted by Crippen LogP contribution is 2.24. The first-order valence-corrected chi connectivity index (χ1v) is 10.2. The molecule has 0 spiro atoms. The van der Waals surface area contributed by atoms with Crippen molar-refractivity contribution < 1.29 is 14.3 Å². The Bertz CT molecular complexity index is 916. The van der Waals surface area contributed by atoms with E-state index < -0.39 is 0 Å². The Labute approximate surface area is 168 Å². The molecular weight excluding hydrogens is 376 g/mol. The molecule has 0 saturated carbocycles. The van der Waals surface area contributed by atoms with Crippen molar-refractivity contribution in [2.45, 2.75) is 27.7 Å². The molecule has 0 saturated heterocycles. The number of amidine groups is 1. The van der Waals surface area contributed by atoms with Gasteiger partial charge >= 0.3 is 5.97 Å². The van der Waals surface area contributed by atoms with Gasteiger partial charge in [0.2, 0.25) is 0 Å². The predicted molar refractivity (Wildman–Crippen MR) is 113 cm³/mol. The summed E-state index contributed by atoms with van der Waals surface area (Å²) in [5.74, 6) is 1.16. The number of aromatic amines is 1. The number of hydrogen-bond acceptors (Lipinski definition) is 6. The van der Waals surface area contributed by atoms with Gasteiger partial charge in [-0.3, -0.25) is 5.43 Å². The van der Waals surface area contributed by atoms with Crippen LogP contribution < -0.4 is 10.2 Å². The number of carbonyl (C=O) groups excluding carboxylic acids is 1. The quantitative estimate of drug-likeness (QED) is 0.717. The van der Waals surface area contributed by atoms with Gasteiger partial charge in [-0.05, 0) is 57.5 Å². The minimum atomic E-state index is -0.310. The number of hydrogen-bond donors (Lipinski definition) is 2. The molecule has 7 nitrogen and oxygen atoms in total. The van der Waals surface area contributed by atoms with Crippen LogP contribution in [-0.2, 0) is 4.74 Å². The number of H-pyrrole nitrogens is 1. The molecule has 0 unspecified atom stereocenters. The maximum Gasteiger partial charge on any atom is 0.340 e. The monoisotopic (exact) mass is 400 g/mol. The first-order chi connectivity index (χ1) is 13.5. The first kappa shape index (κ1) is 20.0. The maximum absolute atomic E-state index is 12.2. The SMILES string of the molecule is CCOC(=O)c1c(C)[nH]c(C2=NNC(=Nc3ccc(OCC)cc3)SC2)c1C. The van der Waals surface area contributed by atoms with Crippen LogP contribution in [0.1, 0.15) is 41.2 Å². The van der Waals surface area contributed by atoms with Crippen LogP contribution >= 0.6 is 11.8 Å². The van der Waals surface area contributed by atoms with Gasteiger partial charge in [0.1, 0.15) is 5.75 Å². The largest absolute Gasteiger partial charge is 0.494 e. The summed E-state index contributed by atoms with van der Waals surface area (Å²) in [6.45, 7) is 8.51. The molecule has 8 heteroatoms. The summed E-state index contributed by atoms with van der Waals surface area (Å²) in [5.41, 5.74) is 7.73. The number of ether oxygens (including phenoxy) is 2. The zero-order valence-corrected chi connectivity index (χ0v) is 17.3. The lowest BCUT2D eigenvalue weighted by atomic mass is 10.1. The minimum absolute atomic E-state index is 0.310. The van der Waals surface area contributed by atoms with Gasteiger partial charge in [0.15, 0.2) is 5.17 Å². The zero-order valence-electron chi connectivity index (χ0n) is 16.5. The minimum Gasteiger partial charge on any atom is -0.494 e. The summed E-state index contributed by atoms with van der Waals surface area (Å²) in [5, 5.41) is 5.17. The normalized spacial score (nSPS) is 15.1. The van der Waals surface area contributed by atoms with E-state index in [1.165, 1.54) is 0 Å². The predicted octanol–water partition coefficient (Wildman–Crippen LogP) is 3.94. The number of hydrazone groups is 1. The number of aliphatic imine (C=N–C) groups is 1. The van der Waals surface area contributed by atoms with Crippen LogP contribution in [0.3, 0.4) is 0 Å². The van der Waals surface area contributed by atoms with E-state index in [4.69, 9.17) is 9.47 Å². The van der Waals surface area contributed by atoms with Gasteiger partial charge < -0.3 is 14.5 Å². The summed E-state index contributed by atoms with van der Waals surface area (Å²) in [6.07, 6.45) is 0. The lowest BCUT2D eigenvalue weighted by Crippen LogP contribution is -2.25. The number of nitrogens with zero attached hydrogens (tertiary/aromatic N) is 2. The molecule has 0 bridgehead atoms. The zero-order chi connectivity index (χ0) is 20.1. The molecule has 1 aromatic heterocycles. The van der Waals surface area contributed by atoms with E-state index in [1.54, 1.807) is 18.7 Å². The highest BCUT2D eigenvalue weighted by atomic mass is 32.2. The second-order valence-corrected chi connectivity index (χ2v) is 7.11. The number of thioether (sulfide) groups is 1. The molecule has 148 valence electrons. The van der Waals surface area contributed by atoms with Crippen molar-refractivity contribution in [3.8, 4) is 5.75 Å². The van der Waals surface area contributed by atoms with Crippen LogP contribution in [0.15, 0.2) is 34.4 Å². The average molecular weight is 401 g/mol. The van der Waals surface area contributed by atoms with E-state index in [1.807, 2.05) is 45.0 Å². The summed E-state index contributed by atoms with van der Waals surface area (Å²) < 4.78 is 10.6. The van der Waals surface area contributed by atoms with Gasteiger partial charge in [-0.2, -0.15) is 5.10 Å². The number of benzene rings is 1. The third-order valence-corrected chi connectivity index (χ3v) is 5.09. The fraction of sp³-hybridized carbons (Fsp3) is 0.350. The molecule has 28 heavy (non-hydrogen) atoms. The molecular formula is C20H24N4O3S. The highest BCUT2D eigenvalue weighted by molar-refractivity contribution is 8.14. The van der Waals surface area contributed by atoms with Gasteiger partial charge in [0, 0.05) is 11.4 Å². The summed E-state index contributed by atoms with van der Waals surface area (Å²) in [4.78, 5) is 20.0. The standard InChI is InChI=1S/C20H24N4O3S/c1-5-26-15-9-7-14(8-10-15)22-20-24-23-16(11-28-20)18-12(3)17(13(4)21-18)19(25)27-6-2/h7-10,21H,5-6,11H2,1-4H3,(H,22,24). The second-order valence-electron chi connectivity index (χ2n) is 6.15. The van der Waals surface area contributed by atoms with E-state index in [9.17, 15) is 4.79 Å². The number of carbonyl (C=O) groups is 1. The Morgan fingerprint density at radius 1 is 1.21 bits per heavy atom. The average Bonchev–Trinajstić information content (AvgIpc) is 2.98. The van der Waals surface area contributed by atoms with Gasteiger partial charge in [-0.1, -0.05) is 11.8 Å². The van der Waals surface area contributed by atoms with Crippen molar-refractivity contribution in [3.05, 3.63) is 46.8 Å². The molecule has 0 amide bonds. The van der Waals surface area contributed by atoms with Crippen LogP contribution in [-0.4, -0.2) is 40.8 Å². The van der Waals surface area contributed by atoms with E-state index in [0.29, 0.717) is 24.5 Å². The van der Waals surface area contributed by atoms with Crippen LogP contribution in [0.2, 0.25) is 0 Å². The number of nitrogens with one attached hydrogen (secondary N) is 2. The molecule has 2 N–H and O–H groups in total. The van der Waals surface area contributed by atoms with Gasteiger partial charge in [0.05, 0.1) is 35.9 Å². The van der Waals surface area contributed by atoms with E-state index >= 15 is 0 Å². The van der Waals surface area contributed by atoms with Crippen LogP contribution in [0.25, 0.3) is 0 Å². The van der Waals surface area contributed by atoms with Gasteiger partial charge in [0.25, 0.3) is 0 Å². The second kappa shape index (κ2) is 8.97. The van der Waals surface area contributed by atoms with Gasteiger partial charge in [-0.15, -0.1) is 0 Å². The fourth-order valence-electron chi connectivity index (χ4n) is 2.95. The molecule has 3 rings (SSSR count). The van der Waals surface area contributed by atoms with Crippen molar-refractivity contribution in [2.75, 3.05) is 19.0 Å². The van der Waals surface area contributed by atoms with Crippen molar-refractivity contribution in [1.82, 2.24) is 10.4 Å². The smallest absolute Gasteiger partial charge is 0.340 e. The Morgan fingerprint density at radius 2 is 1.96 bits per heavy atom. The molecule has 2 heterocycles. The lowest BCUT2D eigenvalue weighted by Gasteiger charge is -2.14. The molecule has 0 radical (unpaired) electrons. The fourth-order valence-corrected chi connectivity index (χ4v) is 3.71. The highest BCUT2D eigenvalue weighted by Gasteiger charge is 2.23. The Balaban J connectivity index is 1.75. The van der Waals surface area contributed by atoms with E-state index in [0.717, 1.165) is 39.3 Å². The third-order valence-electron chi connectivity index (χ3n) is 4.22. The number of rotatable bonds is 6. The Hall–Kier alpha value is -2.74. The molecule has 0 fully saturated rings. The molecule has 1 aliphatic heterocycles. The van der Waals surface area contributed by atoms with Crippen LogP contribution in [0.4, 0.5) is 5.69 Å². The topological polar surface area (TPSA) is 88.1 Å². The summed E-state index contributed by atoms with van der Waals surface area (Å²) in [6, 6.07) is 7.60. The third kappa shape index (κ3) is 4.39. The van der Waals surface area contributed by atoms with Crippen molar-refractivity contribution in [2.24, 2.45) is 10.1 Å². The van der Waals surface area contributed by atoms with Gasteiger partial charge in [-0.25, -0.2) is 9.79 Å². The molecule has 2 aromatic rings. The molecule has 0 aliphatic carbocycles. The molecule has 1 aromatic carbocycles. The summed E-state index contributed by atoms with van der Waals surface area (Å²) >= 11 is 1.56. The summed E-state index contributed by atoms with van der Waals surface area (Å²) in [7, 11) is 0. The number of aromatic nitrogens is 1. The van der Waals surface area contributed by atoms with E-state index in [2.05, 4.69) is 20.5 Å². The number of aryl methyl sites for hydroxylation is 1. The maximum atomic E-state index is 12.2. The lowest BCUT2D eigenvalue weighted by molar-refractivity contribution is 0.0525. The Kier molecular flexibility index (Phi) is 6.41. The first-order valence-electron chi connectivity index (χ1n) is 9.17. The molecule has 1 aliphatic rings. The van der Waals surface area contributed by atoms with Crippen LogP contribution in [0.5, 0.6) is 5.75 Å². The van der Waals surface area contributed by atoms with Crippen molar-refractivity contribution in [1.29, 1.82) is 0 Å². The van der Waals surface area contributed by atoms with Crippen molar-refractivity contribution in [3.63, 3.8) is 0 Å².